The maximum atomic E-state index is 12.4. The van der Waals surface area contributed by atoms with E-state index in [0.717, 1.165) is 11.3 Å². The van der Waals surface area contributed by atoms with Crippen molar-refractivity contribution in [3.63, 3.8) is 0 Å². The molecule has 0 saturated heterocycles. The van der Waals surface area contributed by atoms with Gasteiger partial charge in [0.15, 0.2) is 6.10 Å². The summed E-state index contributed by atoms with van der Waals surface area (Å²) in [5, 5.41) is 3.03. The lowest BCUT2D eigenvalue weighted by atomic mass is 10.1. The predicted molar refractivity (Wildman–Crippen MR) is 107 cm³/mol. The Bertz CT molecular complexity index is 992. The first-order chi connectivity index (χ1) is 13.4. The van der Waals surface area contributed by atoms with Crippen molar-refractivity contribution < 1.29 is 14.3 Å². The van der Waals surface area contributed by atoms with Crippen LogP contribution in [0.2, 0.25) is 5.02 Å². The number of aryl methyl sites for hydroxylation is 1. The second-order valence-electron chi connectivity index (χ2n) is 6.09. The second kappa shape index (κ2) is 8.63. The number of hydrogen-bond acceptors (Lipinski definition) is 5. The topological polar surface area (TPSA) is 81.2 Å². The number of aromatic nitrogens is 2. The first-order valence-corrected chi connectivity index (χ1v) is 8.98. The summed E-state index contributed by atoms with van der Waals surface area (Å²) in [4.78, 5) is 33.1. The molecule has 1 N–H and O–H groups in total. The standard InChI is InChI=1S/C21H18ClN3O3/c1-13-17(9-10-18(24-13)15-6-4-3-5-7-15)21(27)28-14(2)20(26)25-19-11-8-16(22)12-23-19/h3-12,14H,1-2H3,(H,23,25,26). The maximum absolute atomic E-state index is 12.4. The molecule has 28 heavy (non-hydrogen) atoms. The van der Waals surface area contributed by atoms with E-state index in [9.17, 15) is 9.59 Å². The molecule has 1 atom stereocenters. The third-order valence-electron chi connectivity index (χ3n) is 4.01. The van der Waals surface area contributed by atoms with Crippen molar-refractivity contribution in [3.05, 3.63) is 77.1 Å². The Morgan fingerprint density at radius 1 is 1.07 bits per heavy atom. The van der Waals surface area contributed by atoms with Gasteiger partial charge in [0.25, 0.3) is 5.91 Å². The van der Waals surface area contributed by atoms with Crippen molar-refractivity contribution in [3.8, 4) is 11.3 Å². The molecule has 3 aromatic rings. The van der Waals surface area contributed by atoms with Crippen molar-refractivity contribution in [2.75, 3.05) is 5.32 Å². The highest BCUT2D eigenvalue weighted by atomic mass is 35.5. The van der Waals surface area contributed by atoms with E-state index in [1.54, 1.807) is 31.2 Å². The van der Waals surface area contributed by atoms with Gasteiger partial charge in [-0.05, 0) is 38.1 Å². The van der Waals surface area contributed by atoms with Gasteiger partial charge >= 0.3 is 5.97 Å². The molecule has 0 spiro atoms. The highest BCUT2D eigenvalue weighted by Gasteiger charge is 2.21. The van der Waals surface area contributed by atoms with Gasteiger partial charge in [0.1, 0.15) is 5.82 Å². The lowest BCUT2D eigenvalue weighted by molar-refractivity contribution is -0.123. The maximum Gasteiger partial charge on any atom is 0.340 e. The Kier molecular flexibility index (Phi) is 6.01. The molecule has 0 saturated carbocycles. The van der Waals surface area contributed by atoms with Crippen molar-refractivity contribution >= 4 is 29.3 Å². The first-order valence-electron chi connectivity index (χ1n) is 8.60. The van der Waals surface area contributed by atoms with Crippen LogP contribution in [0.25, 0.3) is 11.3 Å². The summed E-state index contributed by atoms with van der Waals surface area (Å²) >= 11 is 5.76. The first kappa shape index (κ1) is 19.5. The molecule has 0 aliphatic rings. The quantitative estimate of drug-likeness (QED) is 0.652. The average Bonchev–Trinajstić information content (AvgIpc) is 2.70. The van der Waals surface area contributed by atoms with Crippen LogP contribution in [0, 0.1) is 6.92 Å². The third-order valence-corrected chi connectivity index (χ3v) is 4.23. The summed E-state index contributed by atoms with van der Waals surface area (Å²) in [7, 11) is 0. The Morgan fingerprint density at radius 2 is 1.82 bits per heavy atom. The van der Waals surface area contributed by atoms with Crippen LogP contribution in [-0.4, -0.2) is 27.9 Å². The van der Waals surface area contributed by atoms with Gasteiger partial charge in [-0.1, -0.05) is 41.9 Å². The molecule has 3 rings (SSSR count). The van der Waals surface area contributed by atoms with Gasteiger partial charge in [-0.15, -0.1) is 0 Å². The monoisotopic (exact) mass is 395 g/mol. The van der Waals surface area contributed by atoms with Gasteiger partial charge in [-0.3, -0.25) is 9.78 Å². The van der Waals surface area contributed by atoms with Crippen LogP contribution in [0.3, 0.4) is 0 Å². The molecule has 142 valence electrons. The minimum Gasteiger partial charge on any atom is -0.449 e. The molecule has 0 aliphatic heterocycles. The van der Waals surface area contributed by atoms with Gasteiger partial charge in [0.05, 0.1) is 22.0 Å². The number of nitrogens with one attached hydrogen (secondary N) is 1. The number of rotatable bonds is 5. The van der Waals surface area contributed by atoms with Gasteiger partial charge in [0, 0.05) is 11.8 Å². The molecule has 7 heteroatoms. The van der Waals surface area contributed by atoms with E-state index in [1.807, 2.05) is 30.3 Å². The fourth-order valence-corrected chi connectivity index (χ4v) is 2.61. The fraction of sp³-hybridized carbons (Fsp3) is 0.143. The molecule has 1 aromatic carbocycles. The molecule has 0 radical (unpaired) electrons. The number of hydrogen-bond donors (Lipinski definition) is 1. The van der Waals surface area contributed by atoms with Gasteiger partial charge in [-0.2, -0.15) is 0 Å². The molecular weight excluding hydrogens is 378 g/mol. The summed E-state index contributed by atoms with van der Waals surface area (Å²) in [6, 6.07) is 16.2. The lowest BCUT2D eigenvalue weighted by Gasteiger charge is -2.14. The number of pyridine rings is 2. The smallest absolute Gasteiger partial charge is 0.340 e. The van der Waals surface area contributed by atoms with E-state index in [0.29, 0.717) is 22.1 Å². The number of carbonyl (C=O) groups excluding carboxylic acids is 2. The van der Waals surface area contributed by atoms with Gasteiger partial charge in [0.2, 0.25) is 0 Å². The molecule has 0 fully saturated rings. The summed E-state index contributed by atoms with van der Waals surface area (Å²) in [5.41, 5.74) is 2.55. The van der Waals surface area contributed by atoms with Crippen LogP contribution in [0.15, 0.2) is 60.8 Å². The van der Waals surface area contributed by atoms with Crippen molar-refractivity contribution in [2.24, 2.45) is 0 Å². The zero-order chi connectivity index (χ0) is 20.1. The molecule has 0 bridgehead atoms. The predicted octanol–water partition coefficient (Wildman–Crippen LogP) is 4.29. The highest BCUT2D eigenvalue weighted by Crippen LogP contribution is 2.19. The SMILES string of the molecule is Cc1nc(-c2ccccc2)ccc1C(=O)OC(C)C(=O)Nc1ccc(Cl)cn1. The number of amides is 1. The van der Waals surface area contributed by atoms with Crippen LogP contribution in [-0.2, 0) is 9.53 Å². The number of carbonyl (C=O) groups is 2. The largest absolute Gasteiger partial charge is 0.449 e. The van der Waals surface area contributed by atoms with E-state index in [-0.39, 0.29) is 0 Å². The minimum absolute atomic E-state index is 0.309. The minimum atomic E-state index is -1.00. The van der Waals surface area contributed by atoms with E-state index in [2.05, 4.69) is 15.3 Å². The zero-order valence-electron chi connectivity index (χ0n) is 15.3. The Hall–Kier alpha value is -3.25. The lowest BCUT2D eigenvalue weighted by Crippen LogP contribution is -2.30. The number of ether oxygens (including phenoxy) is 1. The molecule has 2 heterocycles. The Labute approximate surface area is 167 Å². The normalized spacial score (nSPS) is 11.5. The van der Waals surface area contributed by atoms with Gasteiger partial charge < -0.3 is 10.1 Å². The number of halogens is 1. The molecule has 1 amide bonds. The summed E-state index contributed by atoms with van der Waals surface area (Å²) in [6.45, 7) is 3.22. The Morgan fingerprint density at radius 3 is 2.46 bits per heavy atom. The fourth-order valence-electron chi connectivity index (χ4n) is 2.50. The summed E-state index contributed by atoms with van der Waals surface area (Å²) in [6.07, 6.45) is 0.412. The molecule has 0 aliphatic carbocycles. The van der Waals surface area contributed by atoms with Crippen LogP contribution in [0.1, 0.15) is 23.0 Å². The van der Waals surface area contributed by atoms with Crippen molar-refractivity contribution in [1.29, 1.82) is 0 Å². The third kappa shape index (κ3) is 4.72. The number of benzene rings is 1. The van der Waals surface area contributed by atoms with Crippen LogP contribution in [0.4, 0.5) is 5.82 Å². The van der Waals surface area contributed by atoms with E-state index in [1.165, 1.54) is 13.1 Å². The number of nitrogens with zero attached hydrogens (tertiary/aromatic N) is 2. The van der Waals surface area contributed by atoms with E-state index in [4.69, 9.17) is 16.3 Å². The highest BCUT2D eigenvalue weighted by molar-refractivity contribution is 6.30. The summed E-state index contributed by atoms with van der Waals surface area (Å²) in [5.74, 6) is -0.784. The molecule has 1 unspecified atom stereocenters. The average molecular weight is 396 g/mol. The van der Waals surface area contributed by atoms with Gasteiger partial charge in [-0.25, -0.2) is 9.78 Å². The molecule has 6 nitrogen and oxygen atoms in total. The second-order valence-corrected chi connectivity index (χ2v) is 6.53. The zero-order valence-corrected chi connectivity index (χ0v) is 16.1. The molecular formula is C21H18ClN3O3. The van der Waals surface area contributed by atoms with Crippen molar-refractivity contribution in [2.45, 2.75) is 20.0 Å². The van der Waals surface area contributed by atoms with Crippen LogP contribution >= 0.6 is 11.6 Å². The van der Waals surface area contributed by atoms with Crippen molar-refractivity contribution in [1.82, 2.24) is 9.97 Å². The number of esters is 1. The van der Waals surface area contributed by atoms with Crippen LogP contribution in [0.5, 0.6) is 0 Å². The summed E-state index contributed by atoms with van der Waals surface area (Å²) < 4.78 is 5.28. The van der Waals surface area contributed by atoms with E-state index < -0.39 is 18.0 Å². The molecule has 2 aromatic heterocycles. The van der Waals surface area contributed by atoms with Crippen LogP contribution < -0.4 is 5.32 Å². The number of anilines is 1. The van der Waals surface area contributed by atoms with E-state index >= 15 is 0 Å². The Balaban J connectivity index is 1.66.